The van der Waals surface area contributed by atoms with Crippen molar-refractivity contribution in [3.63, 3.8) is 0 Å². The first-order valence-electron chi connectivity index (χ1n) is 7.48. The molecule has 0 aromatic heterocycles. The Morgan fingerprint density at radius 1 is 1.00 bits per heavy atom. The summed E-state index contributed by atoms with van der Waals surface area (Å²) in [6, 6.07) is 8.96. The average molecular weight is 361 g/mol. The van der Waals surface area contributed by atoms with E-state index in [0.717, 1.165) is 17.7 Å². The lowest BCUT2D eigenvalue weighted by molar-refractivity contribution is 0.426. The molecule has 0 aliphatic rings. The van der Waals surface area contributed by atoms with Crippen LogP contribution in [0.2, 0.25) is 0 Å². The van der Waals surface area contributed by atoms with Gasteiger partial charge in [-0.2, -0.15) is 5.10 Å². The van der Waals surface area contributed by atoms with Crippen LogP contribution < -0.4 is 10.7 Å². The third-order valence-electron chi connectivity index (χ3n) is 3.48. The summed E-state index contributed by atoms with van der Waals surface area (Å²) < 4.78 is 0. The van der Waals surface area contributed by atoms with E-state index in [1.54, 1.807) is 31.3 Å². The Balaban J connectivity index is 2.30. The predicted molar refractivity (Wildman–Crippen MR) is 99.2 cm³/mol. The number of nitrogens with one attached hydrogen (secondary N) is 2. The van der Waals surface area contributed by atoms with E-state index in [4.69, 9.17) is 12.2 Å². The molecule has 0 radical (unpaired) electrons. The normalized spacial score (nSPS) is 11.2. The maximum absolute atomic E-state index is 10.1. The van der Waals surface area contributed by atoms with Crippen LogP contribution in [0.25, 0.3) is 0 Å². The summed E-state index contributed by atoms with van der Waals surface area (Å²) in [4.78, 5) is 0. The van der Waals surface area contributed by atoms with Crippen LogP contribution in [-0.4, -0.2) is 38.3 Å². The number of aromatic hydroxyl groups is 4. The van der Waals surface area contributed by atoms with Crippen molar-refractivity contribution in [2.45, 2.75) is 12.8 Å². The zero-order valence-corrected chi connectivity index (χ0v) is 14.3. The van der Waals surface area contributed by atoms with Gasteiger partial charge < -0.3 is 25.7 Å². The highest BCUT2D eigenvalue weighted by molar-refractivity contribution is 7.80. The molecule has 0 amide bonds. The lowest BCUT2D eigenvalue weighted by Gasteiger charge is -2.12. The first kappa shape index (κ1) is 18.3. The molecule has 0 spiro atoms. The van der Waals surface area contributed by atoms with Crippen molar-refractivity contribution >= 4 is 23.0 Å². The minimum Gasteiger partial charge on any atom is -0.508 e. The van der Waals surface area contributed by atoms with Gasteiger partial charge in [-0.1, -0.05) is 12.1 Å². The first-order valence-corrected chi connectivity index (χ1v) is 7.89. The lowest BCUT2D eigenvalue weighted by Crippen LogP contribution is -2.29. The monoisotopic (exact) mass is 361 g/mol. The topological polar surface area (TPSA) is 117 Å². The quantitative estimate of drug-likeness (QED) is 0.274. The molecule has 0 bridgehead atoms. The van der Waals surface area contributed by atoms with E-state index >= 15 is 0 Å². The highest BCUT2D eigenvalue weighted by atomic mass is 32.1. The van der Waals surface area contributed by atoms with E-state index in [9.17, 15) is 20.4 Å². The predicted octanol–water partition coefficient (Wildman–Crippen LogP) is 1.94. The third kappa shape index (κ3) is 4.98. The molecule has 0 aliphatic heterocycles. The lowest BCUT2D eigenvalue weighted by atomic mass is 10.00. The van der Waals surface area contributed by atoms with Gasteiger partial charge in [0.25, 0.3) is 0 Å². The second-order valence-corrected chi connectivity index (χ2v) is 5.68. The molecule has 0 saturated carbocycles. The SMILES string of the molecule is CNC(=S)NN=C(CCc1ccc(O)cc1)c1c(O)cc(O)cc1O. The number of thiocarbonyl (C=S) groups is 1. The van der Waals surface area contributed by atoms with E-state index in [1.165, 1.54) is 0 Å². The molecule has 132 valence electrons. The van der Waals surface area contributed by atoms with Gasteiger partial charge in [0.1, 0.15) is 23.0 Å². The molecule has 0 heterocycles. The Labute approximate surface area is 150 Å². The smallest absolute Gasteiger partial charge is 0.186 e. The Hall–Kier alpha value is -3.00. The van der Waals surface area contributed by atoms with Crippen LogP contribution in [0, 0.1) is 0 Å². The highest BCUT2D eigenvalue weighted by Crippen LogP contribution is 2.33. The van der Waals surface area contributed by atoms with Crippen molar-refractivity contribution in [2.24, 2.45) is 5.10 Å². The number of aryl methyl sites for hydroxylation is 1. The third-order valence-corrected chi connectivity index (χ3v) is 3.77. The molecule has 2 rings (SSSR count). The Morgan fingerprint density at radius 3 is 2.16 bits per heavy atom. The van der Waals surface area contributed by atoms with Crippen molar-refractivity contribution in [2.75, 3.05) is 7.05 Å². The minimum atomic E-state index is -0.292. The number of phenols is 4. The second kappa shape index (κ2) is 8.20. The summed E-state index contributed by atoms with van der Waals surface area (Å²) >= 11 is 4.98. The minimum absolute atomic E-state index is 0.114. The molecule has 0 unspecified atom stereocenters. The number of hydrogen-bond acceptors (Lipinski definition) is 6. The summed E-state index contributed by atoms with van der Waals surface area (Å²) in [5, 5.41) is 46.1. The molecule has 2 aromatic rings. The van der Waals surface area contributed by atoms with Gasteiger partial charge in [0.15, 0.2) is 5.11 Å². The largest absolute Gasteiger partial charge is 0.508 e. The molecule has 0 fully saturated rings. The van der Waals surface area contributed by atoms with Crippen LogP contribution in [0.4, 0.5) is 0 Å². The number of benzene rings is 2. The van der Waals surface area contributed by atoms with Gasteiger partial charge in [-0.05, 0) is 42.8 Å². The van der Waals surface area contributed by atoms with Crippen LogP contribution in [0.15, 0.2) is 41.5 Å². The molecule has 6 N–H and O–H groups in total. The van der Waals surface area contributed by atoms with Crippen molar-refractivity contribution in [3.05, 3.63) is 47.5 Å². The van der Waals surface area contributed by atoms with Crippen molar-refractivity contribution in [1.82, 2.24) is 10.7 Å². The summed E-state index contributed by atoms with van der Waals surface area (Å²) in [5.41, 5.74) is 4.05. The second-order valence-electron chi connectivity index (χ2n) is 5.27. The van der Waals surface area contributed by atoms with Gasteiger partial charge in [0, 0.05) is 19.2 Å². The number of phenolic OH excluding ortho intramolecular Hbond substituents is 4. The van der Waals surface area contributed by atoms with Crippen molar-refractivity contribution < 1.29 is 20.4 Å². The summed E-state index contributed by atoms with van der Waals surface area (Å²) in [6.07, 6.45) is 0.920. The Morgan fingerprint density at radius 2 is 1.60 bits per heavy atom. The van der Waals surface area contributed by atoms with Crippen LogP contribution in [0.1, 0.15) is 17.5 Å². The molecule has 0 atom stereocenters. The maximum atomic E-state index is 10.1. The number of hydrazone groups is 1. The van der Waals surface area contributed by atoms with Gasteiger partial charge >= 0.3 is 0 Å². The molecule has 2 aromatic carbocycles. The fourth-order valence-corrected chi connectivity index (χ4v) is 2.27. The number of rotatable bonds is 5. The molecular weight excluding hydrogens is 342 g/mol. The molecule has 7 nitrogen and oxygen atoms in total. The van der Waals surface area contributed by atoms with E-state index in [-0.39, 0.29) is 33.7 Å². The first-order chi connectivity index (χ1) is 11.9. The Bertz CT molecular complexity index is 768. The van der Waals surface area contributed by atoms with Crippen LogP contribution in [-0.2, 0) is 6.42 Å². The van der Waals surface area contributed by atoms with E-state index in [1.807, 2.05) is 0 Å². The van der Waals surface area contributed by atoms with Gasteiger partial charge in [-0.15, -0.1) is 0 Å². The number of hydrogen-bond donors (Lipinski definition) is 6. The summed E-state index contributed by atoms with van der Waals surface area (Å²) in [6.45, 7) is 0. The van der Waals surface area contributed by atoms with Crippen molar-refractivity contribution in [1.29, 1.82) is 0 Å². The van der Waals surface area contributed by atoms with Gasteiger partial charge in [-0.25, -0.2) is 0 Å². The molecule has 0 saturated heterocycles. The van der Waals surface area contributed by atoms with E-state index in [2.05, 4.69) is 15.8 Å². The summed E-state index contributed by atoms with van der Waals surface area (Å²) in [5.74, 6) is -0.666. The average Bonchev–Trinajstić information content (AvgIpc) is 2.56. The Kier molecular flexibility index (Phi) is 6.02. The number of nitrogens with zero attached hydrogens (tertiary/aromatic N) is 1. The zero-order valence-electron chi connectivity index (χ0n) is 13.5. The van der Waals surface area contributed by atoms with E-state index in [0.29, 0.717) is 18.6 Å². The molecule has 25 heavy (non-hydrogen) atoms. The van der Waals surface area contributed by atoms with Gasteiger partial charge in [-0.3, -0.25) is 5.43 Å². The van der Waals surface area contributed by atoms with Crippen molar-refractivity contribution in [3.8, 4) is 23.0 Å². The van der Waals surface area contributed by atoms with E-state index < -0.39 is 0 Å². The van der Waals surface area contributed by atoms with Crippen LogP contribution in [0.5, 0.6) is 23.0 Å². The highest BCUT2D eigenvalue weighted by Gasteiger charge is 2.16. The fourth-order valence-electron chi connectivity index (χ4n) is 2.23. The standard InChI is InChI=1S/C17H19N3O4S/c1-18-17(25)20-19-13(7-4-10-2-5-11(21)6-3-10)16-14(23)8-12(22)9-15(16)24/h2-3,5-6,8-9,21-24H,4,7H2,1H3,(H2,18,20,25). The van der Waals surface area contributed by atoms with Crippen LogP contribution >= 0.6 is 12.2 Å². The van der Waals surface area contributed by atoms with Crippen LogP contribution in [0.3, 0.4) is 0 Å². The molecular formula is C17H19N3O4S. The molecule has 8 heteroatoms. The maximum Gasteiger partial charge on any atom is 0.186 e. The zero-order chi connectivity index (χ0) is 18.4. The fraction of sp³-hybridized carbons (Fsp3) is 0.176. The molecule has 0 aliphatic carbocycles. The summed E-state index contributed by atoms with van der Waals surface area (Å²) in [7, 11) is 1.64. The van der Waals surface area contributed by atoms with Gasteiger partial charge in [0.2, 0.25) is 0 Å². The van der Waals surface area contributed by atoms with Gasteiger partial charge in [0.05, 0.1) is 11.3 Å².